The van der Waals surface area contributed by atoms with Gasteiger partial charge in [0.25, 0.3) is 0 Å². The number of Topliss-reactive ketones (excluding diaryl/α,β-unsaturated/α-hetero) is 1. The molecule has 0 N–H and O–H groups in total. The molecule has 1 rings (SSSR count). The Kier molecular flexibility index (Phi) is 4.83. The molecule has 0 atom stereocenters. The molecule has 0 aliphatic rings. The number of likely N-dealkylation sites (N-methyl/N-ethyl adjacent to an activating group) is 1. The summed E-state index contributed by atoms with van der Waals surface area (Å²) in [6.07, 6.45) is 0.446. The maximum absolute atomic E-state index is 12.3. The molecular weight excluding hydrogens is 232 g/mol. The summed E-state index contributed by atoms with van der Waals surface area (Å²) < 4.78 is 0. The minimum absolute atomic E-state index is 0.246. The van der Waals surface area contributed by atoms with E-state index in [1.54, 1.807) is 11.3 Å². The molecule has 0 bridgehead atoms. The van der Waals surface area contributed by atoms with Gasteiger partial charge in [-0.3, -0.25) is 9.69 Å². The van der Waals surface area contributed by atoms with Gasteiger partial charge in [0.2, 0.25) is 0 Å². The van der Waals surface area contributed by atoms with E-state index in [1.165, 1.54) is 0 Å². The average Bonchev–Trinajstić information content (AvgIpc) is 2.65. The Morgan fingerprint density at radius 2 is 2.00 bits per heavy atom. The molecule has 0 saturated carbocycles. The summed E-state index contributed by atoms with van der Waals surface area (Å²) >= 11 is 1.57. The van der Waals surface area contributed by atoms with Crippen LogP contribution in [0.2, 0.25) is 0 Å². The molecule has 0 unspecified atom stereocenters. The Bertz CT molecular complexity index is 381. The van der Waals surface area contributed by atoms with Crippen LogP contribution in [0, 0.1) is 6.92 Å². The third-order valence-electron chi connectivity index (χ3n) is 3.21. The molecule has 4 heteroatoms. The van der Waals surface area contributed by atoms with Gasteiger partial charge in [-0.2, -0.15) is 0 Å². The monoisotopic (exact) mass is 254 g/mol. The smallest absolute Gasteiger partial charge is 0.159 e. The van der Waals surface area contributed by atoms with Crippen molar-refractivity contribution in [1.29, 1.82) is 0 Å². The molecule has 0 radical (unpaired) electrons. The minimum atomic E-state index is -0.400. The zero-order valence-corrected chi connectivity index (χ0v) is 12.2. The van der Waals surface area contributed by atoms with Crippen LogP contribution in [-0.2, 0) is 11.2 Å². The van der Waals surface area contributed by atoms with E-state index in [0.717, 1.165) is 23.8 Å². The molecule has 17 heavy (non-hydrogen) atoms. The number of nitrogens with zero attached hydrogens (tertiary/aromatic N) is 2. The predicted octanol–water partition coefficient (Wildman–Crippen LogP) is 2.68. The Morgan fingerprint density at radius 1 is 1.41 bits per heavy atom. The van der Waals surface area contributed by atoms with Crippen LogP contribution in [0.3, 0.4) is 0 Å². The molecule has 96 valence electrons. The molecule has 0 saturated heterocycles. The van der Waals surface area contributed by atoms with Gasteiger partial charge in [-0.25, -0.2) is 4.98 Å². The number of carbonyl (C=O) groups excluding carboxylic acids is 1. The van der Waals surface area contributed by atoms with Gasteiger partial charge in [0.15, 0.2) is 5.78 Å². The lowest BCUT2D eigenvalue weighted by atomic mass is 9.94. The van der Waals surface area contributed by atoms with E-state index >= 15 is 0 Å². The predicted molar refractivity (Wildman–Crippen MR) is 72.6 cm³/mol. The number of hydrogen-bond acceptors (Lipinski definition) is 4. The molecule has 0 amide bonds. The van der Waals surface area contributed by atoms with Crippen LogP contribution in [0.1, 0.15) is 38.4 Å². The summed E-state index contributed by atoms with van der Waals surface area (Å²) in [6, 6.07) is 0. The standard InChI is InChI=1S/C13H22N2OS/c1-6-15(7-2)13(4,5)11(16)8-12-14-10(3)9-17-12/h9H,6-8H2,1-5H3. The Balaban J connectivity index is 2.75. The van der Waals surface area contributed by atoms with Crippen LogP contribution in [0.15, 0.2) is 5.38 Å². The minimum Gasteiger partial charge on any atom is -0.297 e. The van der Waals surface area contributed by atoms with Crippen molar-refractivity contribution >= 4 is 17.1 Å². The van der Waals surface area contributed by atoms with Gasteiger partial charge in [-0.15, -0.1) is 11.3 Å². The molecular formula is C13H22N2OS. The molecule has 1 aromatic heterocycles. The summed E-state index contributed by atoms with van der Waals surface area (Å²) in [5, 5.41) is 2.92. The van der Waals surface area contributed by atoms with Crippen LogP contribution in [-0.4, -0.2) is 34.3 Å². The summed E-state index contributed by atoms with van der Waals surface area (Å²) in [5.74, 6) is 0.246. The van der Waals surface area contributed by atoms with E-state index in [9.17, 15) is 4.79 Å². The van der Waals surface area contributed by atoms with Gasteiger partial charge in [0.1, 0.15) is 5.01 Å². The van der Waals surface area contributed by atoms with E-state index in [2.05, 4.69) is 23.7 Å². The number of thiazole rings is 1. The summed E-state index contributed by atoms with van der Waals surface area (Å²) in [4.78, 5) is 18.9. The highest BCUT2D eigenvalue weighted by Crippen LogP contribution is 2.19. The van der Waals surface area contributed by atoms with E-state index in [1.807, 2.05) is 26.2 Å². The zero-order valence-electron chi connectivity index (χ0n) is 11.4. The summed E-state index contributed by atoms with van der Waals surface area (Å²) in [5.41, 5.74) is 0.599. The highest BCUT2D eigenvalue weighted by Gasteiger charge is 2.32. The number of ketones is 1. The normalized spacial score (nSPS) is 12.1. The van der Waals surface area contributed by atoms with Crippen LogP contribution in [0.25, 0.3) is 0 Å². The number of aromatic nitrogens is 1. The molecule has 0 aromatic carbocycles. The van der Waals surface area contributed by atoms with Crippen molar-refractivity contribution in [2.75, 3.05) is 13.1 Å². The quantitative estimate of drug-likeness (QED) is 0.782. The van der Waals surface area contributed by atoms with Crippen LogP contribution in [0.5, 0.6) is 0 Å². The van der Waals surface area contributed by atoms with Gasteiger partial charge < -0.3 is 0 Å². The lowest BCUT2D eigenvalue weighted by Gasteiger charge is -2.35. The highest BCUT2D eigenvalue weighted by atomic mass is 32.1. The fraction of sp³-hybridized carbons (Fsp3) is 0.692. The number of rotatable bonds is 6. The van der Waals surface area contributed by atoms with E-state index in [-0.39, 0.29) is 5.78 Å². The molecule has 0 spiro atoms. The molecule has 0 aliphatic carbocycles. The lowest BCUT2D eigenvalue weighted by Crippen LogP contribution is -2.50. The number of aryl methyl sites for hydroxylation is 1. The Hall–Kier alpha value is -0.740. The molecule has 0 fully saturated rings. The van der Waals surface area contributed by atoms with Gasteiger partial charge >= 0.3 is 0 Å². The summed E-state index contributed by atoms with van der Waals surface area (Å²) in [7, 11) is 0. The third-order valence-corrected chi connectivity index (χ3v) is 4.18. The third kappa shape index (κ3) is 3.36. The van der Waals surface area contributed by atoms with Crippen molar-refractivity contribution in [3.05, 3.63) is 16.1 Å². The maximum atomic E-state index is 12.3. The average molecular weight is 254 g/mol. The Labute approximate surface area is 108 Å². The van der Waals surface area contributed by atoms with Crippen LogP contribution in [0.4, 0.5) is 0 Å². The van der Waals surface area contributed by atoms with Gasteiger partial charge in [-0.1, -0.05) is 13.8 Å². The van der Waals surface area contributed by atoms with Crippen LogP contribution >= 0.6 is 11.3 Å². The first kappa shape index (κ1) is 14.3. The van der Waals surface area contributed by atoms with Crippen molar-refractivity contribution in [2.45, 2.75) is 46.6 Å². The summed E-state index contributed by atoms with van der Waals surface area (Å²) in [6.45, 7) is 11.9. The molecule has 1 heterocycles. The largest absolute Gasteiger partial charge is 0.297 e. The second-order valence-corrected chi connectivity index (χ2v) is 5.66. The van der Waals surface area contributed by atoms with Crippen LogP contribution < -0.4 is 0 Å². The van der Waals surface area contributed by atoms with Crippen molar-refractivity contribution in [2.24, 2.45) is 0 Å². The van der Waals surface area contributed by atoms with E-state index in [0.29, 0.717) is 6.42 Å². The van der Waals surface area contributed by atoms with Crippen molar-refractivity contribution in [1.82, 2.24) is 9.88 Å². The topological polar surface area (TPSA) is 33.2 Å². The number of carbonyl (C=O) groups is 1. The fourth-order valence-electron chi connectivity index (χ4n) is 2.03. The Morgan fingerprint density at radius 3 is 2.41 bits per heavy atom. The molecule has 0 aliphatic heterocycles. The lowest BCUT2D eigenvalue weighted by molar-refractivity contribution is -0.128. The first-order chi connectivity index (χ1) is 7.91. The highest BCUT2D eigenvalue weighted by molar-refractivity contribution is 7.09. The second kappa shape index (κ2) is 5.74. The maximum Gasteiger partial charge on any atom is 0.159 e. The van der Waals surface area contributed by atoms with Gasteiger partial charge in [0, 0.05) is 11.1 Å². The van der Waals surface area contributed by atoms with Crippen molar-refractivity contribution in [3.8, 4) is 0 Å². The van der Waals surface area contributed by atoms with Crippen molar-refractivity contribution < 1.29 is 4.79 Å². The van der Waals surface area contributed by atoms with Gasteiger partial charge in [0.05, 0.1) is 12.0 Å². The SMILES string of the molecule is CCN(CC)C(C)(C)C(=O)Cc1nc(C)cs1. The van der Waals surface area contributed by atoms with E-state index < -0.39 is 5.54 Å². The first-order valence-electron chi connectivity index (χ1n) is 6.11. The second-order valence-electron chi connectivity index (χ2n) is 4.71. The van der Waals surface area contributed by atoms with Gasteiger partial charge in [-0.05, 0) is 33.9 Å². The molecule has 3 nitrogen and oxygen atoms in total. The zero-order chi connectivity index (χ0) is 13.1. The number of hydrogen-bond donors (Lipinski definition) is 0. The fourth-order valence-corrected chi connectivity index (χ4v) is 2.80. The van der Waals surface area contributed by atoms with E-state index in [4.69, 9.17) is 0 Å². The molecule has 1 aromatic rings. The first-order valence-corrected chi connectivity index (χ1v) is 6.99. The van der Waals surface area contributed by atoms with Crippen molar-refractivity contribution in [3.63, 3.8) is 0 Å².